The number of esters is 1. The average molecular weight is 411 g/mol. The molecule has 2 aromatic carbocycles. The number of carbonyl (C=O) groups is 1. The molecule has 0 bridgehead atoms. The van der Waals surface area contributed by atoms with Gasteiger partial charge in [-0.25, -0.2) is 0 Å². The SMILES string of the molecule is CCOc1ccc(-n2c(S[C@@H]3CCOC3=O)nnc2-c2cccc(OC)c2)cc1. The first-order valence-electron chi connectivity index (χ1n) is 9.36. The lowest BCUT2D eigenvalue weighted by molar-refractivity contribution is -0.137. The van der Waals surface area contributed by atoms with Crippen LogP contribution >= 0.6 is 11.8 Å². The van der Waals surface area contributed by atoms with Gasteiger partial charge in [0, 0.05) is 17.7 Å². The third-order valence-corrected chi connectivity index (χ3v) is 5.69. The molecule has 1 aromatic heterocycles. The highest BCUT2D eigenvalue weighted by molar-refractivity contribution is 8.00. The molecule has 0 unspecified atom stereocenters. The van der Waals surface area contributed by atoms with E-state index in [1.54, 1.807) is 7.11 Å². The zero-order valence-electron chi connectivity index (χ0n) is 16.2. The molecule has 0 amide bonds. The van der Waals surface area contributed by atoms with Crippen molar-refractivity contribution in [2.45, 2.75) is 23.8 Å². The number of methoxy groups -OCH3 is 1. The second kappa shape index (κ2) is 8.57. The van der Waals surface area contributed by atoms with Gasteiger partial charge in [0.2, 0.25) is 0 Å². The number of aromatic nitrogens is 3. The normalized spacial score (nSPS) is 15.9. The Morgan fingerprint density at radius 3 is 2.69 bits per heavy atom. The van der Waals surface area contributed by atoms with Crippen molar-refractivity contribution in [3.05, 3.63) is 48.5 Å². The molecule has 0 saturated carbocycles. The molecule has 1 atom stereocenters. The van der Waals surface area contributed by atoms with E-state index >= 15 is 0 Å². The van der Waals surface area contributed by atoms with E-state index in [4.69, 9.17) is 14.2 Å². The van der Waals surface area contributed by atoms with Gasteiger partial charge in [-0.2, -0.15) is 0 Å². The third-order valence-electron chi connectivity index (χ3n) is 4.50. The molecule has 0 spiro atoms. The van der Waals surface area contributed by atoms with Crippen LogP contribution in [0.15, 0.2) is 53.7 Å². The second-order valence-electron chi connectivity index (χ2n) is 6.36. The third kappa shape index (κ3) is 4.07. The summed E-state index contributed by atoms with van der Waals surface area (Å²) in [5, 5.41) is 9.15. The molecule has 7 nitrogen and oxygen atoms in total. The fourth-order valence-electron chi connectivity index (χ4n) is 3.10. The molecular formula is C21H21N3O4S. The van der Waals surface area contributed by atoms with E-state index in [2.05, 4.69) is 10.2 Å². The van der Waals surface area contributed by atoms with Crippen LogP contribution in [-0.2, 0) is 9.53 Å². The lowest BCUT2D eigenvalue weighted by atomic mass is 10.2. The van der Waals surface area contributed by atoms with Crippen LogP contribution in [-0.4, -0.2) is 46.3 Å². The van der Waals surface area contributed by atoms with E-state index in [0.29, 0.717) is 30.6 Å². The first kappa shape index (κ1) is 19.3. The Labute approximate surface area is 173 Å². The lowest BCUT2D eigenvalue weighted by Gasteiger charge is -2.13. The number of ether oxygens (including phenoxy) is 3. The van der Waals surface area contributed by atoms with Crippen LogP contribution in [0.3, 0.4) is 0 Å². The summed E-state index contributed by atoms with van der Waals surface area (Å²) in [7, 11) is 1.63. The van der Waals surface area contributed by atoms with Crippen molar-refractivity contribution >= 4 is 17.7 Å². The summed E-state index contributed by atoms with van der Waals surface area (Å²) in [6.45, 7) is 2.99. The Balaban J connectivity index is 1.77. The van der Waals surface area contributed by atoms with Gasteiger partial charge in [-0.05, 0) is 43.3 Å². The fraction of sp³-hybridized carbons (Fsp3) is 0.286. The number of carbonyl (C=O) groups excluding carboxylic acids is 1. The van der Waals surface area contributed by atoms with Gasteiger partial charge in [-0.15, -0.1) is 10.2 Å². The van der Waals surface area contributed by atoms with Gasteiger partial charge in [0.1, 0.15) is 16.7 Å². The van der Waals surface area contributed by atoms with Crippen LogP contribution < -0.4 is 9.47 Å². The van der Waals surface area contributed by atoms with Crippen LogP contribution in [0, 0.1) is 0 Å². The number of nitrogens with zero attached hydrogens (tertiary/aromatic N) is 3. The predicted octanol–water partition coefficient (Wildman–Crippen LogP) is 3.75. The molecule has 29 heavy (non-hydrogen) atoms. The van der Waals surface area contributed by atoms with E-state index in [9.17, 15) is 4.79 Å². The quantitative estimate of drug-likeness (QED) is 0.548. The van der Waals surface area contributed by atoms with Crippen molar-refractivity contribution in [3.8, 4) is 28.6 Å². The Morgan fingerprint density at radius 2 is 2.00 bits per heavy atom. The monoisotopic (exact) mass is 411 g/mol. The molecule has 0 aliphatic carbocycles. The molecule has 3 aromatic rings. The smallest absolute Gasteiger partial charge is 0.319 e. The molecular weight excluding hydrogens is 390 g/mol. The largest absolute Gasteiger partial charge is 0.497 e. The van der Waals surface area contributed by atoms with E-state index in [1.807, 2.05) is 60.0 Å². The highest BCUT2D eigenvalue weighted by Gasteiger charge is 2.30. The molecule has 4 rings (SSSR count). The van der Waals surface area contributed by atoms with E-state index < -0.39 is 0 Å². The van der Waals surface area contributed by atoms with Gasteiger partial charge < -0.3 is 14.2 Å². The van der Waals surface area contributed by atoms with Gasteiger partial charge in [0.05, 0.1) is 20.3 Å². The molecule has 150 valence electrons. The van der Waals surface area contributed by atoms with Crippen molar-refractivity contribution in [2.24, 2.45) is 0 Å². The Morgan fingerprint density at radius 1 is 1.17 bits per heavy atom. The van der Waals surface area contributed by atoms with Crippen LogP contribution in [0.2, 0.25) is 0 Å². The van der Waals surface area contributed by atoms with Crippen molar-refractivity contribution in [3.63, 3.8) is 0 Å². The lowest BCUT2D eigenvalue weighted by Crippen LogP contribution is -2.11. The Kier molecular flexibility index (Phi) is 5.71. The van der Waals surface area contributed by atoms with Crippen LogP contribution in [0.25, 0.3) is 17.1 Å². The summed E-state index contributed by atoms with van der Waals surface area (Å²) in [5.74, 6) is 1.99. The first-order valence-corrected chi connectivity index (χ1v) is 10.2. The molecule has 0 radical (unpaired) electrons. The molecule has 8 heteroatoms. The molecule has 1 aliphatic heterocycles. The number of hydrogen-bond acceptors (Lipinski definition) is 7. The first-order chi connectivity index (χ1) is 14.2. The average Bonchev–Trinajstić information content (AvgIpc) is 3.35. The minimum atomic E-state index is -0.279. The van der Waals surface area contributed by atoms with E-state index in [0.717, 1.165) is 22.7 Å². The van der Waals surface area contributed by atoms with Crippen molar-refractivity contribution in [1.82, 2.24) is 14.8 Å². The van der Waals surface area contributed by atoms with Crippen LogP contribution in [0.5, 0.6) is 11.5 Å². The standard InChI is InChI=1S/C21H21N3O4S/c1-3-27-16-9-7-15(8-10-16)24-19(14-5-4-6-17(13-14)26-2)22-23-21(24)29-18-11-12-28-20(18)25/h4-10,13,18H,3,11-12H2,1-2H3/t18-/m1/s1. The number of benzene rings is 2. The summed E-state index contributed by atoms with van der Waals surface area (Å²) >= 11 is 1.37. The van der Waals surface area contributed by atoms with Crippen LogP contribution in [0.4, 0.5) is 0 Å². The Bertz CT molecular complexity index is 1000. The maximum atomic E-state index is 12.0. The van der Waals surface area contributed by atoms with Crippen molar-refractivity contribution < 1.29 is 19.0 Å². The van der Waals surface area contributed by atoms with Crippen molar-refractivity contribution in [1.29, 1.82) is 0 Å². The van der Waals surface area contributed by atoms with Gasteiger partial charge in [0.15, 0.2) is 11.0 Å². The number of rotatable bonds is 7. The van der Waals surface area contributed by atoms with Gasteiger partial charge >= 0.3 is 5.97 Å². The summed E-state index contributed by atoms with van der Waals surface area (Å²) in [6.07, 6.45) is 0.661. The Hall–Kier alpha value is -3.00. The van der Waals surface area contributed by atoms with Gasteiger partial charge in [0.25, 0.3) is 0 Å². The summed E-state index contributed by atoms with van der Waals surface area (Å²) in [4.78, 5) is 12.0. The zero-order valence-corrected chi connectivity index (χ0v) is 17.0. The van der Waals surface area contributed by atoms with Gasteiger partial charge in [-0.3, -0.25) is 9.36 Å². The predicted molar refractivity (Wildman–Crippen MR) is 110 cm³/mol. The van der Waals surface area contributed by atoms with E-state index in [1.165, 1.54) is 11.8 Å². The molecule has 1 fully saturated rings. The molecule has 1 saturated heterocycles. The summed E-state index contributed by atoms with van der Waals surface area (Å²) in [6, 6.07) is 15.4. The number of thioether (sulfide) groups is 1. The van der Waals surface area contributed by atoms with Crippen molar-refractivity contribution in [2.75, 3.05) is 20.3 Å². The molecule has 2 heterocycles. The topological polar surface area (TPSA) is 75.5 Å². The maximum absolute atomic E-state index is 12.0. The van der Waals surface area contributed by atoms with Crippen LogP contribution in [0.1, 0.15) is 13.3 Å². The highest BCUT2D eigenvalue weighted by Crippen LogP contribution is 2.34. The molecule has 0 N–H and O–H groups in total. The van der Waals surface area contributed by atoms with E-state index in [-0.39, 0.29) is 11.2 Å². The molecule has 1 aliphatic rings. The zero-order chi connectivity index (χ0) is 20.2. The summed E-state index contributed by atoms with van der Waals surface area (Å²) < 4.78 is 17.9. The minimum absolute atomic E-state index is 0.209. The second-order valence-corrected chi connectivity index (χ2v) is 7.53. The van der Waals surface area contributed by atoms with Gasteiger partial charge in [-0.1, -0.05) is 23.9 Å². The highest BCUT2D eigenvalue weighted by atomic mass is 32.2. The maximum Gasteiger partial charge on any atom is 0.319 e. The summed E-state index contributed by atoms with van der Waals surface area (Å²) in [5.41, 5.74) is 1.75. The minimum Gasteiger partial charge on any atom is -0.497 e. The number of hydrogen-bond donors (Lipinski definition) is 0. The fourth-order valence-corrected chi connectivity index (χ4v) is 4.12. The number of cyclic esters (lactones) is 1.